The lowest BCUT2D eigenvalue weighted by atomic mass is 10.3. The number of non-ortho nitro benzene ring substituents is 1. The van der Waals surface area contributed by atoms with Crippen LogP contribution in [0.4, 0.5) is 5.69 Å². The minimum absolute atomic E-state index is 0.0587. The van der Waals surface area contributed by atoms with Crippen molar-refractivity contribution in [1.29, 1.82) is 0 Å². The number of ether oxygens (including phenoxy) is 1. The summed E-state index contributed by atoms with van der Waals surface area (Å²) in [6.07, 6.45) is 0. The minimum Gasteiger partial charge on any atom is -0.484 e. The molecule has 120 valence electrons. The summed E-state index contributed by atoms with van der Waals surface area (Å²) >= 11 is 0. The average Bonchev–Trinajstić information content (AvgIpc) is 2.54. The molecule has 8 nitrogen and oxygen atoms in total. The molecule has 1 aliphatic rings. The molecule has 0 aromatic heterocycles. The molecule has 0 unspecified atom stereocenters. The van der Waals surface area contributed by atoms with Crippen molar-refractivity contribution in [1.82, 2.24) is 15.5 Å². The number of amides is 1. The molecule has 8 heteroatoms. The van der Waals surface area contributed by atoms with Gasteiger partial charge in [0.05, 0.1) is 11.0 Å². The van der Waals surface area contributed by atoms with Gasteiger partial charge in [0.15, 0.2) is 6.61 Å². The molecule has 2 rings (SSSR count). The number of carbonyl (C=O) groups excluding carboxylic acids is 1. The molecule has 0 bridgehead atoms. The van der Waals surface area contributed by atoms with Gasteiger partial charge in [-0.2, -0.15) is 0 Å². The second-order valence-electron chi connectivity index (χ2n) is 4.98. The molecule has 22 heavy (non-hydrogen) atoms. The fourth-order valence-corrected chi connectivity index (χ4v) is 2.17. The van der Waals surface area contributed by atoms with Crippen LogP contribution >= 0.6 is 0 Å². The van der Waals surface area contributed by atoms with E-state index in [9.17, 15) is 14.9 Å². The van der Waals surface area contributed by atoms with Crippen molar-refractivity contribution >= 4 is 11.6 Å². The molecule has 0 radical (unpaired) electrons. The third-order valence-corrected chi connectivity index (χ3v) is 3.36. The van der Waals surface area contributed by atoms with E-state index in [1.54, 1.807) is 6.07 Å². The van der Waals surface area contributed by atoms with Gasteiger partial charge in [0.1, 0.15) is 5.75 Å². The van der Waals surface area contributed by atoms with Gasteiger partial charge in [-0.1, -0.05) is 6.07 Å². The maximum Gasteiger partial charge on any atom is 0.273 e. The number of rotatable bonds is 7. The molecule has 1 aromatic rings. The van der Waals surface area contributed by atoms with E-state index in [-0.39, 0.29) is 18.2 Å². The monoisotopic (exact) mass is 308 g/mol. The van der Waals surface area contributed by atoms with E-state index in [0.717, 1.165) is 32.7 Å². The Labute approximate surface area is 128 Å². The summed E-state index contributed by atoms with van der Waals surface area (Å²) in [5, 5.41) is 16.7. The zero-order valence-electron chi connectivity index (χ0n) is 12.3. The van der Waals surface area contributed by atoms with Crippen LogP contribution in [0.2, 0.25) is 0 Å². The summed E-state index contributed by atoms with van der Waals surface area (Å²) in [7, 11) is 0. The van der Waals surface area contributed by atoms with Crippen molar-refractivity contribution in [3.8, 4) is 5.75 Å². The number of nitrogens with one attached hydrogen (secondary N) is 2. The van der Waals surface area contributed by atoms with Crippen LogP contribution in [0.25, 0.3) is 0 Å². The zero-order valence-corrected chi connectivity index (χ0v) is 12.3. The van der Waals surface area contributed by atoms with Gasteiger partial charge < -0.3 is 15.4 Å². The molecule has 1 aromatic carbocycles. The van der Waals surface area contributed by atoms with E-state index in [1.807, 2.05) is 0 Å². The maximum atomic E-state index is 11.7. The van der Waals surface area contributed by atoms with Crippen LogP contribution in [-0.4, -0.2) is 61.6 Å². The second kappa shape index (κ2) is 8.30. The van der Waals surface area contributed by atoms with Crippen LogP contribution in [0.15, 0.2) is 24.3 Å². The first kappa shape index (κ1) is 16.2. The lowest BCUT2D eigenvalue weighted by Crippen LogP contribution is -2.46. The molecule has 1 aliphatic heterocycles. The maximum absolute atomic E-state index is 11.7. The number of benzene rings is 1. The van der Waals surface area contributed by atoms with E-state index >= 15 is 0 Å². The summed E-state index contributed by atoms with van der Waals surface area (Å²) < 4.78 is 5.26. The van der Waals surface area contributed by atoms with Crippen molar-refractivity contribution in [3.05, 3.63) is 34.4 Å². The van der Waals surface area contributed by atoms with Crippen molar-refractivity contribution in [3.63, 3.8) is 0 Å². The van der Waals surface area contributed by atoms with Crippen LogP contribution in [0.3, 0.4) is 0 Å². The van der Waals surface area contributed by atoms with Crippen molar-refractivity contribution < 1.29 is 14.5 Å². The summed E-state index contributed by atoms with van der Waals surface area (Å²) in [5.41, 5.74) is -0.0587. The first-order chi connectivity index (χ1) is 10.6. The number of hydrogen-bond donors (Lipinski definition) is 2. The molecule has 0 aliphatic carbocycles. The molecule has 2 N–H and O–H groups in total. The van der Waals surface area contributed by atoms with Crippen LogP contribution in [0.5, 0.6) is 5.75 Å². The Bertz CT molecular complexity index is 517. The Kier molecular flexibility index (Phi) is 6.11. The number of hydrogen-bond acceptors (Lipinski definition) is 6. The van der Waals surface area contributed by atoms with Crippen LogP contribution in [-0.2, 0) is 4.79 Å². The first-order valence-corrected chi connectivity index (χ1v) is 7.22. The summed E-state index contributed by atoms with van der Waals surface area (Å²) in [4.78, 5) is 24.1. The lowest BCUT2D eigenvalue weighted by molar-refractivity contribution is -0.384. The largest absolute Gasteiger partial charge is 0.484 e. The number of nitrogens with zero attached hydrogens (tertiary/aromatic N) is 2. The van der Waals surface area contributed by atoms with E-state index in [2.05, 4.69) is 15.5 Å². The Balaban J connectivity index is 1.66. The predicted octanol–water partition coefficient (Wildman–Crippen LogP) is -0.00500. The van der Waals surface area contributed by atoms with Crippen LogP contribution < -0.4 is 15.4 Å². The second-order valence-corrected chi connectivity index (χ2v) is 4.98. The van der Waals surface area contributed by atoms with E-state index in [1.165, 1.54) is 18.2 Å². The smallest absolute Gasteiger partial charge is 0.273 e. The summed E-state index contributed by atoms with van der Waals surface area (Å²) in [6.45, 7) is 5.15. The fraction of sp³-hybridized carbons (Fsp3) is 0.500. The Morgan fingerprint density at radius 2 is 2.18 bits per heavy atom. The summed E-state index contributed by atoms with van der Waals surface area (Å²) in [6, 6.07) is 5.78. The minimum atomic E-state index is -0.500. The number of nitro benzene ring substituents is 1. The van der Waals surface area contributed by atoms with E-state index in [4.69, 9.17) is 4.74 Å². The molecule has 1 amide bonds. The van der Waals surface area contributed by atoms with Gasteiger partial charge >= 0.3 is 0 Å². The molecule has 0 saturated carbocycles. The van der Waals surface area contributed by atoms with Crippen LogP contribution in [0.1, 0.15) is 0 Å². The SMILES string of the molecule is O=C(COc1cccc([N+](=O)[O-])c1)NCCN1CCNCC1. The van der Waals surface area contributed by atoms with Gasteiger partial charge in [0.2, 0.25) is 0 Å². The molecular weight excluding hydrogens is 288 g/mol. The molecule has 0 spiro atoms. The number of nitro groups is 1. The molecule has 1 saturated heterocycles. The quantitative estimate of drug-likeness (QED) is 0.543. The van der Waals surface area contributed by atoms with Gasteiger partial charge in [-0.15, -0.1) is 0 Å². The van der Waals surface area contributed by atoms with Crippen molar-refractivity contribution in [2.24, 2.45) is 0 Å². The number of carbonyl (C=O) groups is 1. The normalized spacial score (nSPS) is 15.3. The zero-order chi connectivity index (χ0) is 15.8. The topological polar surface area (TPSA) is 96.7 Å². The fourth-order valence-electron chi connectivity index (χ4n) is 2.17. The summed E-state index contributed by atoms with van der Waals surface area (Å²) in [5.74, 6) is 0.0769. The van der Waals surface area contributed by atoms with Gasteiger partial charge in [0, 0.05) is 45.3 Å². The van der Waals surface area contributed by atoms with Gasteiger partial charge in [-0.3, -0.25) is 19.8 Å². The van der Waals surface area contributed by atoms with Crippen LogP contribution in [0, 0.1) is 10.1 Å². The van der Waals surface area contributed by atoms with E-state index < -0.39 is 4.92 Å². The van der Waals surface area contributed by atoms with Crippen molar-refractivity contribution in [2.75, 3.05) is 45.9 Å². The molecular formula is C14H20N4O4. The highest BCUT2D eigenvalue weighted by Gasteiger charge is 2.10. The van der Waals surface area contributed by atoms with E-state index in [0.29, 0.717) is 12.3 Å². The average molecular weight is 308 g/mol. The third-order valence-electron chi connectivity index (χ3n) is 3.36. The van der Waals surface area contributed by atoms with Gasteiger partial charge in [-0.05, 0) is 6.07 Å². The standard InChI is InChI=1S/C14H20N4O4/c19-14(16-6-9-17-7-4-15-5-8-17)11-22-13-3-1-2-12(10-13)18(20)21/h1-3,10,15H,4-9,11H2,(H,16,19). The highest BCUT2D eigenvalue weighted by molar-refractivity contribution is 5.77. The Morgan fingerprint density at radius 3 is 2.91 bits per heavy atom. The highest BCUT2D eigenvalue weighted by Crippen LogP contribution is 2.18. The molecule has 1 fully saturated rings. The highest BCUT2D eigenvalue weighted by atomic mass is 16.6. The van der Waals surface area contributed by atoms with Crippen molar-refractivity contribution in [2.45, 2.75) is 0 Å². The predicted molar refractivity (Wildman–Crippen MR) is 80.9 cm³/mol. The molecule has 1 heterocycles. The number of piperazine rings is 1. The Morgan fingerprint density at radius 1 is 1.41 bits per heavy atom. The Hall–Kier alpha value is -2.19. The van der Waals surface area contributed by atoms with Gasteiger partial charge in [-0.25, -0.2) is 0 Å². The third kappa shape index (κ3) is 5.30. The first-order valence-electron chi connectivity index (χ1n) is 7.22. The van der Waals surface area contributed by atoms with Gasteiger partial charge in [0.25, 0.3) is 11.6 Å². The molecule has 0 atom stereocenters. The lowest BCUT2D eigenvalue weighted by Gasteiger charge is -2.27.